The van der Waals surface area contributed by atoms with E-state index in [2.05, 4.69) is 55.1 Å². The van der Waals surface area contributed by atoms with Crippen LogP contribution < -0.4 is 15.5 Å². The molecule has 3 amide bonds. The lowest BCUT2D eigenvalue weighted by molar-refractivity contribution is -0.157. The topological polar surface area (TPSA) is 175 Å². The average Bonchev–Trinajstić information content (AvgIpc) is 3.75. The normalized spacial score (nSPS) is 26.1. The van der Waals surface area contributed by atoms with E-state index in [0.717, 1.165) is 68.1 Å². The molecule has 2 saturated carbocycles. The number of thiol groups is 1. The zero-order chi connectivity index (χ0) is 48.1. The molecule has 0 bridgehead atoms. The number of imide groups is 1. The largest absolute Gasteiger partial charge is 0.376 e. The molecular formula is C49H56F3N11O6S. The first-order valence-corrected chi connectivity index (χ1v) is 25.0. The van der Waals surface area contributed by atoms with Crippen molar-refractivity contribution in [2.75, 3.05) is 62.8 Å². The Bertz CT molecular complexity index is 2840. The lowest BCUT2D eigenvalue weighted by Crippen LogP contribution is -2.53. The number of fused-ring (bicyclic) bond motifs is 2. The highest BCUT2D eigenvalue weighted by atomic mass is 32.1. The van der Waals surface area contributed by atoms with Crippen LogP contribution in [0, 0.1) is 17.8 Å². The zero-order valence-electron chi connectivity index (χ0n) is 38.7. The summed E-state index contributed by atoms with van der Waals surface area (Å²) >= 11 is 4.45. The first-order chi connectivity index (χ1) is 33.9. The van der Waals surface area contributed by atoms with Crippen LogP contribution in [0.4, 0.5) is 24.7 Å². The second-order valence-corrected chi connectivity index (χ2v) is 20.4. The Balaban J connectivity index is 0.668. The van der Waals surface area contributed by atoms with Gasteiger partial charge in [0.05, 0.1) is 66.0 Å². The van der Waals surface area contributed by atoms with Crippen LogP contribution in [0.5, 0.6) is 0 Å². The molecule has 2 N–H and O–H groups in total. The number of carbonyl (C=O) groups is 3. The van der Waals surface area contributed by atoms with Crippen LogP contribution >= 0.6 is 12.6 Å². The molecule has 6 aliphatic rings. The number of hydrogen-bond acceptors (Lipinski definition) is 13. The van der Waals surface area contributed by atoms with Gasteiger partial charge >= 0.3 is 0 Å². The van der Waals surface area contributed by atoms with Gasteiger partial charge in [0, 0.05) is 56.9 Å². The van der Waals surface area contributed by atoms with E-state index >= 15 is 4.39 Å². The van der Waals surface area contributed by atoms with Gasteiger partial charge in [0.15, 0.2) is 16.3 Å². The molecule has 4 saturated heterocycles. The number of amides is 3. The van der Waals surface area contributed by atoms with Gasteiger partial charge in [0.25, 0.3) is 12.3 Å². The van der Waals surface area contributed by atoms with Crippen molar-refractivity contribution >= 4 is 58.4 Å². The third kappa shape index (κ3) is 9.77. The number of rotatable bonds is 13. The van der Waals surface area contributed by atoms with E-state index in [4.69, 9.17) is 24.3 Å². The molecule has 1 unspecified atom stereocenters. The van der Waals surface area contributed by atoms with Crippen molar-refractivity contribution in [1.82, 2.24) is 44.4 Å². The number of alkyl halides is 3. The van der Waals surface area contributed by atoms with Crippen molar-refractivity contribution in [1.29, 1.82) is 0 Å². The van der Waals surface area contributed by atoms with Crippen molar-refractivity contribution < 1.29 is 41.8 Å². The molecule has 370 valence electrons. The van der Waals surface area contributed by atoms with E-state index in [1.807, 2.05) is 28.9 Å². The van der Waals surface area contributed by atoms with E-state index in [9.17, 15) is 23.2 Å². The van der Waals surface area contributed by atoms with Crippen LogP contribution in [0.25, 0.3) is 16.6 Å². The van der Waals surface area contributed by atoms with Gasteiger partial charge in [-0.3, -0.25) is 34.0 Å². The fourth-order valence-corrected chi connectivity index (χ4v) is 11.2. The summed E-state index contributed by atoms with van der Waals surface area (Å²) in [5, 5.41) is 17.5. The van der Waals surface area contributed by atoms with Crippen molar-refractivity contribution in [3.8, 4) is 11.8 Å². The fourth-order valence-electron chi connectivity index (χ4n) is 10.7. The first-order valence-electron chi connectivity index (χ1n) is 24.5. The van der Waals surface area contributed by atoms with Gasteiger partial charge in [0.2, 0.25) is 11.8 Å². The number of ether oxygens (including phenoxy) is 3. The Morgan fingerprint density at radius 3 is 2.51 bits per heavy atom. The number of piperidine rings is 3. The van der Waals surface area contributed by atoms with Gasteiger partial charge < -0.3 is 24.4 Å². The Morgan fingerprint density at radius 2 is 1.79 bits per heavy atom. The Morgan fingerprint density at radius 1 is 0.986 bits per heavy atom. The summed E-state index contributed by atoms with van der Waals surface area (Å²) < 4.78 is 67.3. The third-order valence-corrected chi connectivity index (χ3v) is 15.2. The van der Waals surface area contributed by atoms with Gasteiger partial charge in [-0.1, -0.05) is 24.0 Å². The molecule has 8 heterocycles. The minimum absolute atomic E-state index is 0.00725. The predicted octanol–water partition coefficient (Wildman–Crippen LogP) is 6.17. The highest BCUT2D eigenvalue weighted by Gasteiger charge is 2.43. The van der Waals surface area contributed by atoms with E-state index in [1.54, 1.807) is 10.9 Å². The second-order valence-electron chi connectivity index (χ2n) is 19.6. The summed E-state index contributed by atoms with van der Waals surface area (Å²) in [6, 6.07) is 7.67. The molecule has 17 nitrogen and oxygen atoms in total. The SMILES string of the molecule is O=C1CCC(c2nn(C3CC3)c3c(C#CCO[C@@H]4CCN(CC5CCC(n6cc(NC(=O)c7cnn8ccc(N9CCC(OC%10COC%10)CC9)nc78)c(C(F)F)n6)CC5)C[C@]4(F)S)cccc23)C(=O)N1. The number of anilines is 2. The predicted molar refractivity (Wildman–Crippen MR) is 254 cm³/mol. The number of nitrogens with one attached hydrogen (secondary N) is 2. The molecule has 70 heavy (non-hydrogen) atoms. The Kier molecular flexibility index (Phi) is 13.1. The summed E-state index contributed by atoms with van der Waals surface area (Å²) in [7, 11) is 0. The molecule has 3 atom stereocenters. The van der Waals surface area contributed by atoms with Crippen molar-refractivity contribution in [3.05, 3.63) is 65.4 Å². The molecule has 21 heteroatoms. The fraction of sp³-hybridized carbons (Fsp3) is 0.571. The number of para-hydroxylation sites is 1. The van der Waals surface area contributed by atoms with Crippen molar-refractivity contribution in [2.24, 2.45) is 5.92 Å². The molecule has 11 rings (SSSR count). The molecule has 5 aromatic rings. The van der Waals surface area contributed by atoms with Crippen LogP contribution in [0.3, 0.4) is 0 Å². The molecule has 6 fully saturated rings. The van der Waals surface area contributed by atoms with Crippen LogP contribution in [0.1, 0.15) is 122 Å². The summed E-state index contributed by atoms with van der Waals surface area (Å²) in [4.78, 5) is 47.3. The lowest BCUT2D eigenvalue weighted by atomic mass is 9.85. The van der Waals surface area contributed by atoms with Crippen molar-refractivity contribution in [3.63, 3.8) is 0 Å². The quantitative estimate of drug-likeness (QED) is 0.0696. The summed E-state index contributed by atoms with van der Waals surface area (Å²) in [5.41, 5.74) is 2.18. The Labute approximate surface area is 407 Å². The molecule has 2 aliphatic carbocycles. The van der Waals surface area contributed by atoms with E-state index in [0.29, 0.717) is 69.1 Å². The van der Waals surface area contributed by atoms with Crippen LogP contribution in [0.15, 0.2) is 42.9 Å². The smallest absolute Gasteiger partial charge is 0.284 e. The van der Waals surface area contributed by atoms with Crippen LogP contribution in [-0.2, 0) is 23.8 Å². The monoisotopic (exact) mass is 983 g/mol. The number of nitrogens with zero attached hydrogens (tertiary/aromatic N) is 9. The molecular weight excluding hydrogens is 928 g/mol. The number of hydrogen-bond donors (Lipinski definition) is 3. The Hall–Kier alpha value is -5.53. The van der Waals surface area contributed by atoms with Gasteiger partial charge in [-0.15, -0.1) is 12.6 Å². The molecule has 4 aliphatic heterocycles. The molecule has 4 aromatic heterocycles. The first kappa shape index (κ1) is 46.8. The second kappa shape index (κ2) is 19.6. The maximum atomic E-state index is 16.1. The number of carbonyl (C=O) groups excluding carboxylic acids is 3. The van der Waals surface area contributed by atoms with Crippen LogP contribution in [-0.4, -0.2) is 133 Å². The van der Waals surface area contributed by atoms with E-state index in [1.165, 1.54) is 16.9 Å². The highest BCUT2D eigenvalue weighted by molar-refractivity contribution is 7.81. The minimum Gasteiger partial charge on any atom is -0.376 e. The highest BCUT2D eigenvalue weighted by Crippen LogP contribution is 2.41. The van der Waals surface area contributed by atoms with Gasteiger partial charge in [-0.2, -0.15) is 15.3 Å². The van der Waals surface area contributed by atoms with Crippen molar-refractivity contribution in [2.45, 2.75) is 118 Å². The number of benzene rings is 1. The number of halogens is 3. The lowest BCUT2D eigenvalue weighted by Gasteiger charge is -2.42. The maximum Gasteiger partial charge on any atom is 0.284 e. The minimum atomic E-state index is -2.91. The third-order valence-electron chi connectivity index (χ3n) is 14.7. The van der Waals surface area contributed by atoms with Gasteiger partial charge in [-0.25, -0.2) is 22.7 Å². The van der Waals surface area contributed by atoms with Gasteiger partial charge in [-0.05, 0) is 82.3 Å². The average molecular weight is 984 g/mol. The van der Waals surface area contributed by atoms with E-state index < -0.39 is 35.0 Å². The number of aromatic nitrogens is 7. The summed E-state index contributed by atoms with van der Waals surface area (Å²) in [6.45, 7) is 4.16. The van der Waals surface area contributed by atoms with Crippen LogP contribution in [0.2, 0.25) is 0 Å². The van der Waals surface area contributed by atoms with Gasteiger partial charge in [0.1, 0.15) is 30.2 Å². The molecule has 0 spiro atoms. The zero-order valence-corrected chi connectivity index (χ0v) is 39.5. The summed E-state index contributed by atoms with van der Waals surface area (Å²) in [6.07, 6.45) is 9.02. The van der Waals surface area contributed by atoms with E-state index in [-0.39, 0.29) is 72.8 Å². The molecule has 0 radical (unpaired) electrons. The maximum absolute atomic E-state index is 16.1. The molecule has 1 aromatic carbocycles. The standard InChI is InChI=1S/C49H56F3N11O6S/c50-45(51)43-38(54-48(66)37-23-53-61-21-17-40(55-46(37)61)60-19-14-33(15-20-60)69-34-26-67-27-34)25-62(57-43)31-8-6-29(7-9-31)24-59-18-16-39(49(52,70)28-59)68-22-2-4-30-3-1-5-35-42(36-12-13-41(64)56-47(36)65)58-63(44(30)35)32-10-11-32/h1,3,5,17,21,23,25,29,31-34,36,39,45,70H,6-16,18-20,22,24,26-28H2,(H,54,66)(H,56,64,65)/t29?,31?,36?,39-,49+/m1/s1. The number of likely N-dealkylation sites (tertiary alicyclic amines) is 1. The summed E-state index contributed by atoms with van der Waals surface area (Å²) in [5.74, 6) is 5.54.